The number of hydrogen-bond donors (Lipinski definition) is 7. The maximum atomic E-state index is 13.2. The molecular weight excluding hydrogens is 516 g/mol. The van der Waals surface area contributed by atoms with Crippen LogP contribution < -0.4 is 21.7 Å². The number of nitrogens with two attached hydrogens (primary N) is 1. The average molecular weight is 555 g/mol. The van der Waals surface area contributed by atoms with Gasteiger partial charge < -0.3 is 37.0 Å². The molecule has 0 aromatic heterocycles. The zero-order chi connectivity index (χ0) is 28.8. The summed E-state index contributed by atoms with van der Waals surface area (Å²) >= 11 is 1.42. The Morgan fingerprint density at radius 3 is 1.95 bits per heavy atom. The predicted octanol–water partition coefficient (Wildman–Crippen LogP) is 0.465. The summed E-state index contributed by atoms with van der Waals surface area (Å²) in [6, 6.07) is 1.72. The topological polar surface area (TPSA) is 208 Å². The number of aromatic hydroxyl groups is 1. The van der Waals surface area contributed by atoms with Crippen molar-refractivity contribution in [3.05, 3.63) is 29.8 Å². The molecule has 1 aromatic carbocycles. The average Bonchev–Trinajstić information content (AvgIpc) is 2.84. The van der Waals surface area contributed by atoms with E-state index >= 15 is 0 Å². The van der Waals surface area contributed by atoms with E-state index in [1.807, 2.05) is 13.8 Å². The number of phenolic OH excluding ortho intramolecular Hbond substituents is 1. The van der Waals surface area contributed by atoms with Gasteiger partial charge in [-0.15, -0.1) is 0 Å². The fraction of sp³-hybridized carbons (Fsp3) is 0.560. The molecule has 12 nitrogen and oxygen atoms in total. The molecule has 4 unspecified atom stereocenters. The first kappa shape index (κ1) is 32.7. The molecule has 212 valence electrons. The van der Waals surface area contributed by atoms with E-state index in [0.717, 1.165) is 5.56 Å². The highest BCUT2D eigenvalue weighted by molar-refractivity contribution is 7.98. The summed E-state index contributed by atoms with van der Waals surface area (Å²) in [5, 5.41) is 35.2. The molecule has 0 fully saturated rings. The number of carbonyl (C=O) groups excluding carboxylic acids is 3. The van der Waals surface area contributed by atoms with Crippen LogP contribution in [0.3, 0.4) is 0 Å². The third kappa shape index (κ3) is 12.3. The van der Waals surface area contributed by atoms with E-state index in [0.29, 0.717) is 5.75 Å². The molecule has 0 bridgehead atoms. The molecule has 0 aliphatic carbocycles. The number of thioether (sulfide) groups is 1. The third-order valence-electron chi connectivity index (χ3n) is 5.57. The van der Waals surface area contributed by atoms with E-state index in [9.17, 15) is 34.2 Å². The Bertz CT molecular complexity index is 957. The maximum Gasteiger partial charge on any atom is 0.326 e. The molecule has 0 aliphatic heterocycles. The van der Waals surface area contributed by atoms with Crippen LogP contribution in [0.25, 0.3) is 0 Å². The molecule has 0 saturated heterocycles. The second kappa shape index (κ2) is 16.5. The van der Waals surface area contributed by atoms with Crippen molar-refractivity contribution in [1.29, 1.82) is 0 Å². The van der Waals surface area contributed by atoms with Gasteiger partial charge >= 0.3 is 11.9 Å². The Hall–Kier alpha value is -3.32. The molecule has 38 heavy (non-hydrogen) atoms. The van der Waals surface area contributed by atoms with Crippen LogP contribution in [0.5, 0.6) is 5.75 Å². The molecule has 3 amide bonds. The Morgan fingerprint density at radius 1 is 0.868 bits per heavy atom. The number of aliphatic carboxylic acids is 2. The van der Waals surface area contributed by atoms with Crippen molar-refractivity contribution in [1.82, 2.24) is 16.0 Å². The molecule has 13 heteroatoms. The number of benzene rings is 1. The van der Waals surface area contributed by atoms with Crippen molar-refractivity contribution < 1.29 is 39.3 Å². The van der Waals surface area contributed by atoms with E-state index in [1.165, 1.54) is 23.9 Å². The standard InChI is InChI=1S/C25H38N4O8S/c1-14(2)12-20(29-22(33)17(26)13-15-4-6-16(30)7-5-15)24(35)27-18(10-11-38-3)23(34)28-19(25(36)37)8-9-21(31)32/h4-7,14,17-20,30H,8-13,26H2,1-3H3,(H,27,35)(H,28,34)(H,29,33)(H,31,32)(H,36,37). The summed E-state index contributed by atoms with van der Waals surface area (Å²) in [5.41, 5.74) is 6.77. The van der Waals surface area contributed by atoms with E-state index in [2.05, 4.69) is 16.0 Å². The van der Waals surface area contributed by atoms with Crippen LogP contribution in [-0.2, 0) is 30.4 Å². The highest BCUT2D eigenvalue weighted by Gasteiger charge is 2.30. The number of rotatable bonds is 17. The van der Waals surface area contributed by atoms with Gasteiger partial charge in [0.1, 0.15) is 23.9 Å². The fourth-order valence-electron chi connectivity index (χ4n) is 3.53. The van der Waals surface area contributed by atoms with Gasteiger partial charge in [-0.2, -0.15) is 11.8 Å². The minimum atomic E-state index is -1.43. The van der Waals surface area contributed by atoms with Gasteiger partial charge in [0.15, 0.2) is 0 Å². The number of carboxylic acids is 2. The zero-order valence-corrected chi connectivity index (χ0v) is 22.6. The van der Waals surface area contributed by atoms with Crippen LogP contribution in [0.2, 0.25) is 0 Å². The smallest absolute Gasteiger partial charge is 0.326 e. The lowest BCUT2D eigenvalue weighted by molar-refractivity contribution is -0.143. The molecule has 1 rings (SSSR count). The number of carbonyl (C=O) groups is 5. The highest BCUT2D eigenvalue weighted by Crippen LogP contribution is 2.12. The number of phenols is 1. The van der Waals surface area contributed by atoms with Gasteiger partial charge in [-0.25, -0.2) is 4.79 Å². The van der Waals surface area contributed by atoms with Gasteiger partial charge in [0.05, 0.1) is 6.04 Å². The van der Waals surface area contributed by atoms with Crippen molar-refractivity contribution >= 4 is 41.4 Å². The first-order valence-electron chi connectivity index (χ1n) is 12.2. The second-order valence-electron chi connectivity index (χ2n) is 9.34. The Kier molecular flexibility index (Phi) is 14.2. The van der Waals surface area contributed by atoms with Crippen LogP contribution >= 0.6 is 11.8 Å². The number of amides is 3. The highest BCUT2D eigenvalue weighted by atomic mass is 32.2. The first-order valence-corrected chi connectivity index (χ1v) is 13.6. The molecule has 0 saturated carbocycles. The van der Waals surface area contributed by atoms with Crippen molar-refractivity contribution in [2.75, 3.05) is 12.0 Å². The molecule has 0 heterocycles. The summed E-state index contributed by atoms with van der Waals surface area (Å²) in [6.45, 7) is 3.72. The Morgan fingerprint density at radius 2 is 1.42 bits per heavy atom. The van der Waals surface area contributed by atoms with Gasteiger partial charge in [-0.05, 0) is 61.3 Å². The minimum Gasteiger partial charge on any atom is -0.508 e. The van der Waals surface area contributed by atoms with Gasteiger partial charge in [0.25, 0.3) is 0 Å². The molecule has 8 N–H and O–H groups in total. The van der Waals surface area contributed by atoms with Crippen molar-refractivity contribution in [3.63, 3.8) is 0 Å². The molecular formula is C25H38N4O8S. The van der Waals surface area contributed by atoms with Gasteiger partial charge in [-0.1, -0.05) is 26.0 Å². The van der Waals surface area contributed by atoms with Crippen LogP contribution in [0.15, 0.2) is 24.3 Å². The lowest BCUT2D eigenvalue weighted by Crippen LogP contribution is -2.57. The van der Waals surface area contributed by atoms with Crippen LogP contribution in [0, 0.1) is 5.92 Å². The Balaban J connectivity index is 2.94. The second-order valence-corrected chi connectivity index (χ2v) is 10.3. The van der Waals surface area contributed by atoms with E-state index in [4.69, 9.17) is 10.8 Å². The van der Waals surface area contributed by atoms with Crippen LogP contribution in [0.4, 0.5) is 0 Å². The minimum absolute atomic E-state index is 0.00487. The lowest BCUT2D eigenvalue weighted by atomic mass is 10.0. The number of nitrogens with one attached hydrogen (secondary N) is 3. The van der Waals surface area contributed by atoms with Gasteiger partial charge in [0.2, 0.25) is 17.7 Å². The Labute approximate surface area is 226 Å². The van der Waals surface area contributed by atoms with Crippen LogP contribution in [0.1, 0.15) is 45.1 Å². The summed E-state index contributed by atoms with van der Waals surface area (Å²) in [5.74, 6) is -3.97. The number of carboxylic acid groups (broad SMARTS) is 2. The SMILES string of the molecule is CSCCC(NC(=O)C(CC(C)C)NC(=O)C(N)Cc1ccc(O)cc1)C(=O)NC(CCC(=O)O)C(=O)O. The van der Waals surface area contributed by atoms with Crippen molar-refractivity contribution in [3.8, 4) is 5.75 Å². The van der Waals surface area contributed by atoms with E-state index < -0.39 is 60.2 Å². The predicted molar refractivity (Wildman–Crippen MR) is 143 cm³/mol. The summed E-state index contributed by atoms with van der Waals surface area (Å²) in [6.07, 6.45) is 1.66. The zero-order valence-electron chi connectivity index (χ0n) is 21.8. The molecule has 0 spiro atoms. The summed E-state index contributed by atoms with van der Waals surface area (Å²) < 4.78 is 0. The normalized spacial score (nSPS) is 14.1. The fourth-order valence-corrected chi connectivity index (χ4v) is 4.01. The van der Waals surface area contributed by atoms with Gasteiger partial charge in [0, 0.05) is 6.42 Å². The summed E-state index contributed by atoms with van der Waals surface area (Å²) in [7, 11) is 0. The maximum absolute atomic E-state index is 13.2. The van der Waals surface area contributed by atoms with Crippen LogP contribution in [-0.4, -0.2) is 81.2 Å². The van der Waals surface area contributed by atoms with E-state index in [1.54, 1.807) is 18.4 Å². The largest absolute Gasteiger partial charge is 0.508 e. The first-order chi connectivity index (χ1) is 17.8. The summed E-state index contributed by atoms with van der Waals surface area (Å²) in [4.78, 5) is 61.2. The lowest BCUT2D eigenvalue weighted by Gasteiger charge is -2.26. The molecule has 0 aliphatic rings. The van der Waals surface area contributed by atoms with E-state index in [-0.39, 0.29) is 37.4 Å². The monoisotopic (exact) mass is 554 g/mol. The van der Waals surface area contributed by atoms with Crippen molar-refractivity contribution in [2.24, 2.45) is 11.7 Å². The molecule has 4 atom stereocenters. The third-order valence-corrected chi connectivity index (χ3v) is 6.22. The molecule has 1 aromatic rings. The quantitative estimate of drug-likeness (QED) is 0.141. The van der Waals surface area contributed by atoms with Gasteiger partial charge in [-0.3, -0.25) is 19.2 Å². The molecule has 0 radical (unpaired) electrons. The van der Waals surface area contributed by atoms with Crippen molar-refractivity contribution in [2.45, 2.75) is 70.1 Å². The number of hydrogen-bond acceptors (Lipinski definition) is 8.